The van der Waals surface area contributed by atoms with Crippen LogP contribution in [0.2, 0.25) is 0 Å². The Hall–Kier alpha value is -2.42. The van der Waals surface area contributed by atoms with Crippen LogP contribution in [0.25, 0.3) is 0 Å². The number of carbonyl (C=O) groups excluding carboxylic acids is 2. The van der Waals surface area contributed by atoms with Gasteiger partial charge in [0.1, 0.15) is 0 Å². The molecule has 19 heavy (non-hydrogen) atoms. The number of Topliss-reactive ketones (excluding diaryl/α,β-unsaturated/α-hetero) is 1. The Kier molecular flexibility index (Phi) is 2.67. The van der Waals surface area contributed by atoms with Crippen molar-refractivity contribution >= 4 is 17.4 Å². The number of hydrogen-bond donors (Lipinski definition) is 0. The fourth-order valence-corrected chi connectivity index (χ4v) is 2.28. The number of fused-ring (bicyclic) bond motifs is 1. The van der Waals surface area contributed by atoms with E-state index in [4.69, 9.17) is 0 Å². The van der Waals surface area contributed by atoms with Gasteiger partial charge in [-0.1, -0.05) is 42.0 Å². The van der Waals surface area contributed by atoms with Gasteiger partial charge in [0.2, 0.25) is 0 Å². The first-order valence-corrected chi connectivity index (χ1v) is 6.17. The molecule has 0 N–H and O–H groups in total. The molecule has 1 aliphatic rings. The number of ketones is 1. The van der Waals surface area contributed by atoms with E-state index in [1.165, 1.54) is 5.56 Å². The van der Waals surface area contributed by atoms with Gasteiger partial charge in [0.15, 0.2) is 0 Å². The lowest BCUT2D eigenvalue weighted by Gasteiger charge is -2.16. The van der Waals surface area contributed by atoms with Crippen LogP contribution in [0.4, 0.5) is 5.69 Å². The van der Waals surface area contributed by atoms with Crippen LogP contribution in [0.1, 0.15) is 21.5 Å². The van der Waals surface area contributed by atoms with Crippen molar-refractivity contribution in [2.45, 2.75) is 13.5 Å². The van der Waals surface area contributed by atoms with Crippen LogP contribution < -0.4 is 4.90 Å². The van der Waals surface area contributed by atoms with E-state index in [1.807, 2.05) is 43.3 Å². The summed E-state index contributed by atoms with van der Waals surface area (Å²) in [5.74, 6) is -0.857. The Balaban J connectivity index is 1.95. The van der Waals surface area contributed by atoms with E-state index in [0.717, 1.165) is 5.56 Å². The maximum atomic E-state index is 12.0. The number of amides is 1. The molecule has 0 atom stereocenters. The fraction of sp³-hybridized carbons (Fsp3) is 0.125. The second kappa shape index (κ2) is 4.35. The van der Waals surface area contributed by atoms with Crippen LogP contribution in [0.5, 0.6) is 0 Å². The molecule has 0 fully saturated rings. The molecule has 0 radical (unpaired) electrons. The average Bonchev–Trinajstić information content (AvgIpc) is 2.67. The van der Waals surface area contributed by atoms with Crippen molar-refractivity contribution < 1.29 is 9.59 Å². The van der Waals surface area contributed by atoms with Crippen LogP contribution >= 0.6 is 0 Å². The summed E-state index contributed by atoms with van der Waals surface area (Å²) in [7, 11) is 0. The van der Waals surface area contributed by atoms with E-state index in [0.29, 0.717) is 17.8 Å². The van der Waals surface area contributed by atoms with Gasteiger partial charge in [0.05, 0.1) is 17.8 Å². The van der Waals surface area contributed by atoms with E-state index >= 15 is 0 Å². The average molecular weight is 251 g/mol. The number of anilines is 1. The largest absolute Gasteiger partial charge is 0.300 e. The van der Waals surface area contributed by atoms with Crippen LogP contribution in [-0.4, -0.2) is 11.7 Å². The summed E-state index contributed by atoms with van der Waals surface area (Å²) in [6.07, 6.45) is 0. The number of rotatable bonds is 2. The Bertz CT molecular complexity index is 659. The molecule has 0 saturated heterocycles. The van der Waals surface area contributed by atoms with Crippen molar-refractivity contribution in [2.75, 3.05) is 4.90 Å². The van der Waals surface area contributed by atoms with Gasteiger partial charge in [0.25, 0.3) is 11.7 Å². The highest BCUT2D eigenvalue weighted by Gasteiger charge is 2.35. The SMILES string of the molecule is Cc1ccc(CN2C(=O)C(=O)c3ccccc32)cc1. The van der Waals surface area contributed by atoms with Gasteiger partial charge >= 0.3 is 0 Å². The Labute approximate surface area is 111 Å². The monoisotopic (exact) mass is 251 g/mol. The summed E-state index contributed by atoms with van der Waals surface area (Å²) >= 11 is 0. The lowest BCUT2D eigenvalue weighted by molar-refractivity contribution is -0.114. The van der Waals surface area contributed by atoms with Crippen molar-refractivity contribution in [3.8, 4) is 0 Å². The van der Waals surface area contributed by atoms with Gasteiger partial charge in [-0.2, -0.15) is 0 Å². The molecule has 3 nitrogen and oxygen atoms in total. The number of para-hydroxylation sites is 1. The summed E-state index contributed by atoms with van der Waals surface area (Å²) in [6.45, 7) is 2.45. The van der Waals surface area contributed by atoms with Crippen molar-refractivity contribution in [2.24, 2.45) is 0 Å². The van der Waals surface area contributed by atoms with Crippen LogP contribution in [0, 0.1) is 6.92 Å². The number of hydrogen-bond acceptors (Lipinski definition) is 2. The van der Waals surface area contributed by atoms with E-state index in [9.17, 15) is 9.59 Å². The predicted octanol–water partition coefficient (Wildman–Crippen LogP) is 2.72. The summed E-state index contributed by atoms with van der Waals surface area (Å²) in [5.41, 5.74) is 3.40. The summed E-state index contributed by atoms with van der Waals surface area (Å²) < 4.78 is 0. The molecule has 0 aliphatic carbocycles. The predicted molar refractivity (Wildman–Crippen MR) is 73.1 cm³/mol. The van der Waals surface area contributed by atoms with Crippen molar-refractivity contribution in [1.29, 1.82) is 0 Å². The minimum absolute atomic E-state index is 0.414. The van der Waals surface area contributed by atoms with Gasteiger partial charge in [-0.25, -0.2) is 0 Å². The van der Waals surface area contributed by atoms with Crippen LogP contribution in [-0.2, 0) is 11.3 Å². The minimum Gasteiger partial charge on any atom is -0.300 e. The van der Waals surface area contributed by atoms with Crippen molar-refractivity contribution in [3.05, 3.63) is 65.2 Å². The summed E-state index contributed by atoms with van der Waals surface area (Å²) in [4.78, 5) is 25.4. The third kappa shape index (κ3) is 1.93. The molecule has 0 bridgehead atoms. The first-order chi connectivity index (χ1) is 9.16. The summed E-state index contributed by atoms with van der Waals surface area (Å²) in [5, 5.41) is 0. The topological polar surface area (TPSA) is 37.4 Å². The number of carbonyl (C=O) groups is 2. The molecule has 2 aromatic carbocycles. The number of nitrogens with zero attached hydrogens (tertiary/aromatic N) is 1. The third-order valence-electron chi connectivity index (χ3n) is 3.34. The second-order valence-electron chi connectivity index (χ2n) is 4.72. The van der Waals surface area contributed by atoms with Gasteiger partial charge in [-0.3, -0.25) is 9.59 Å². The van der Waals surface area contributed by atoms with Gasteiger partial charge < -0.3 is 4.90 Å². The highest BCUT2D eigenvalue weighted by molar-refractivity contribution is 6.52. The molecular weight excluding hydrogens is 238 g/mol. The molecule has 1 aliphatic heterocycles. The summed E-state index contributed by atoms with van der Waals surface area (Å²) in [6, 6.07) is 15.1. The molecule has 0 unspecified atom stereocenters. The zero-order valence-corrected chi connectivity index (χ0v) is 10.6. The Morgan fingerprint density at radius 2 is 1.63 bits per heavy atom. The molecule has 3 heteroatoms. The van der Waals surface area contributed by atoms with E-state index < -0.39 is 11.7 Å². The quantitative estimate of drug-likeness (QED) is 0.770. The van der Waals surface area contributed by atoms with Gasteiger partial charge in [-0.15, -0.1) is 0 Å². The Morgan fingerprint density at radius 1 is 0.947 bits per heavy atom. The molecule has 94 valence electrons. The van der Waals surface area contributed by atoms with Crippen LogP contribution in [0.15, 0.2) is 48.5 Å². The maximum Gasteiger partial charge on any atom is 0.299 e. The molecule has 0 aromatic heterocycles. The lowest BCUT2D eigenvalue weighted by atomic mass is 10.1. The molecule has 0 saturated carbocycles. The molecular formula is C16H13NO2. The van der Waals surface area contributed by atoms with Crippen molar-refractivity contribution in [3.63, 3.8) is 0 Å². The fourth-order valence-electron chi connectivity index (χ4n) is 2.28. The second-order valence-corrected chi connectivity index (χ2v) is 4.72. The van der Waals surface area contributed by atoms with Crippen molar-refractivity contribution in [1.82, 2.24) is 0 Å². The first-order valence-electron chi connectivity index (χ1n) is 6.17. The van der Waals surface area contributed by atoms with Gasteiger partial charge in [-0.05, 0) is 24.6 Å². The zero-order chi connectivity index (χ0) is 13.4. The normalized spacial score (nSPS) is 13.8. The molecule has 1 heterocycles. The first kappa shape index (κ1) is 11.7. The van der Waals surface area contributed by atoms with E-state index in [1.54, 1.807) is 17.0 Å². The van der Waals surface area contributed by atoms with E-state index in [2.05, 4.69) is 0 Å². The highest BCUT2D eigenvalue weighted by atomic mass is 16.2. The number of benzene rings is 2. The Morgan fingerprint density at radius 3 is 2.37 bits per heavy atom. The smallest absolute Gasteiger partial charge is 0.299 e. The third-order valence-corrected chi connectivity index (χ3v) is 3.34. The van der Waals surface area contributed by atoms with Gasteiger partial charge in [0, 0.05) is 0 Å². The molecule has 3 rings (SSSR count). The zero-order valence-electron chi connectivity index (χ0n) is 10.6. The molecule has 0 spiro atoms. The lowest BCUT2D eigenvalue weighted by Crippen LogP contribution is -2.29. The highest BCUT2D eigenvalue weighted by Crippen LogP contribution is 2.29. The number of aryl methyl sites for hydroxylation is 1. The maximum absolute atomic E-state index is 12.0. The van der Waals surface area contributed by atoms with E-state index in [-0.39, 0.29) is 0 Å². The minimum atomic E-state index is -0.443. The molecule has 1 amide bonds. The molecule has 2 aromatic rings. The standard InChI is InChI=1S/C16H13NO2/c1-11-6-8-12(9-7-11)10-17-14-5-3-2-4-13(14)15(18)16(17)19/h2-9H,10H2,1H3. The van der Waals surface area contributed by atoms with Crippen LogP contribution in [0.3, 0.4) is 0 Å².